The van der Waals surface area contributed by atoms with Gasteiger partial charge in [-0.3, -0.25) is 4.79 Å². The summed E-state index contributed by atoms with van der Waals surface area (Å²) in [7, 11) is 0. The van der Waals surface area contributed by atoms with Gasteiger partial charge in [-0.25, -0.2) is 4.98 Å². The second-order valence-corrected chi connectivity index (χ2v) is 3.14. The number of aromatic nitrogens is 2. The van der Waals surface area contributed by atoms with Crippen molar-refractivity contribution in [3.05, 3.63) is 27.9 Å². The summed E-state index contributed by atoms with van der Waals surface area (Å²) in [5.41, 5.74) is 0.385. The van der Waals surface area contributed by atoms with Gasteiger partial charge in [0.15, 0.2) is 0 Å². The van der Waals surface area contributed by atoms with E-state index in [9.17, 15) is 4.79 Å². The van der Waals surface area contributed by atoms with Crippen molar-refractivity contribution in [1.82, 2.24) is 9.97 Å². The monoisotopic (exact) mass is 216 g/mol. The molecule has 0 aromatic carbocycles. The Morgan fingerprint density at radius 2 is 2.43 bits per heavy atom. The van der Waals surface area contributed by atoms with Crippen LogP contribution in [0.2, 0.25) is 0 Å². The molecule has 78 valence electrons. The molecule has 0 unspecified atom stereocenters. The van der Waals surface area contributed by atoms with Crippen LogP contribution >= 0.6 is 11.6 Å². The van der Waals surface area contributed by atoms with E-state index in [1.807, 2.05) is 6.92 Å². The Labute approximate surface area is 87.3 Å². The molecule has 0 radical (unpaired) electrons. The van der Waals surface area contributed by atoms with E-state index in [1.54, 1.807) is 0 Å². The highest BCUT2D eigenvalue weighted by molar-refractivity contribution is 6.16. The fourth-order valence-corrected chi connectivity index (χ4v) is 1.15. The lowest BCUT2D eigenvalue weighted by atomic mass is 10.4. The standard InChI is InChI=1S/C9H13ClN2O2/c1-2-3-14-6-8-11-7(5-10)4-9(13)12-8/h4H,2-3,5-6H2,1H3,(H,11,12,13). The molecule has 0 aliphatic carbocycles. The maximum Gasteiger partial charge on any atom is 0.251 e. The number of alkyl halides is 1. The summed E-state index contributed by atoms with van der Waals surface area (Å²) in [6.45, 7) is 3.01. The van der Waals surface area contributed by atoms with Crippen LogP contribution in [0.5, 0.6) is 0 Å². The zero-order valence-corrected chi connectivity index (χ0v) is 8.80. The predicted octanol–water partition coefficient (Wildman–Crippen LogP) is 1.44. The molecule has 0 atom stereocenters. The molecule has 14 heavy (non-hydrogen) atoms. The number of nitrogens with zero attached hydrogens (tertiary/aromatic N) is 1. The third kappa shape index (κ3) is 3.47. The second kappa shape index (κ2) is 5.78. The number of aromatic amines is 1. The lowest BCUT2D eigenvalue weighted by Gasteiger charge is -2.02. The van der Waals surface area contributed by atoms with E-state index in [-0.39, 0.29) is 11.4 Å². The minimum absolute atomic E-state index is 0.189. The van der Waals surface area contributed by atoms with Gasteiger partial charge in [0, 0.05) is 12.7 Å². The average Bonchev–Trinajstić information content (AvgIpc) is 2.17. The van der Waals surface area contributed by atoms with Crippen molar-refractivity contribution < 1.29 is 4.74 Å². The Kier molecular flexibility index (Phi) is 4.62. The van der Waals surface area contributed by atoms with Gasteiger partial charge < -0.3 is 9.72 Å². The highest BCUT2D eigenvalue weighted by Gasteiger charge is 2.00. The molecule has 1 N–H and O–H groups in total. The molecule has 1 aromatic rings. The molecule has 0 spiro atoms. The molecule has 0 fully saturated rings. The van der Waals surface area contributed by atoms with E-state index in [4.69, 9.17) is 16.3 Å². The molecular formula is C9H13ClN2O2. The van der Waals surface area contributed by atoms with Gasteiger partial charge in [-0.2, -0.15) is 0 Å². The minimum atomic E-state index is -0.189. The van der Waals surface area contributed by atoms with E-state index < -0.39 is 0 Å². The lowest BCUT2D eigenvalue weighted by molar-refractivity contribution is 0.115. The Morgan fingerprint density at radius 1 is 1.64 bits per heavy atom. The first-order valence-electron chi connectivity index (χ1n) is 4.49. The van der Waals surface area contributed by atoms with Crippen LogP contribution in [0, 0.1) is 0 Å². The van der Waals surface area contributed by atoms with Gasteiger partial charge in [0.25, 0.3) is 5.56 Å². The maximum absolute atomic E-state index is 11.1. The van der Waals surface area contributed by atoms with E-state index >= 15 is 0 Å². The smallest absolute Gasteiger partial charge is 0.251 e. The Hall–Kier alpha value is -0.870. The molecule has 0 amide bonds. The largest absolute Gasteiger partial charge is 0.374 e. The summed E-state index contributed by atoms with van der Waals surface area (Å²) in [5, 5.41) is 0. The van der Waals surface area contributed by atoms with Crippen LogP contribution in [0.3, 0.4) is 0 Å². The topological polar surface area (TPSA) is 55.0 Å². The van der Waals surface area contributed by atoms with Crippen molar-refractivity contribution in [2.75, 3.05) is 6.61 Å². The Morgan fingerprint density at radius 3 is 3.07 bits per heavy atom. The molecule has 0 saturated heterocycles. The number of ether oxygens (including phenoxy) is 1. The van der Waals surface area contributed by atoms with Crippen LogP contribution < -0.4 is 5.56 Å². The highest BCUT2D eigenvalue weighted by atomic mass is 35.5. The van der Waals surface area contributed by atoms with Gasteiger partial charge in [0.1, 0.15) is 12.4 Å². The zero-order chi connectivity index (χ0) is 10.4. The number of nitrogens with one attached hydrogen (secondary N) is 1. The highest BCUT2D eigenvalue weighted by Crippen LogP contribution is 1.98. The van der Waals surface area contributed by atoms with Crippen molar-refractivity contribution in [2.24, 2.45) is 0 Å². The summed E-state index contributed by atoms with van der Waals surface area (Å²) < 4.78 is 5.25. The molecule has 0 saturated carbocycles. The first-order chi connectivity index (χ1) is 6.76. The predicted molar refractivity (Wildman–Crippen MR) is 54.4 cm³/mol. The number of hydrogen-bond acceptors (Lipinski definition) is 3. The molecule has 0 bridgehead atoms. The molecule has 5 heteroatoms. The van der Waals surface area contributed by atoms with E-state index in [1.165, 1.54) is 6.07 Å². The van der Waals surface area contributed by atoms with Crippen LogP contribution in [0.4, 0.5) is 0 Å². The molecule has 0 aliphatic heterocycles. The molecule has 1 rings (SSSR count). The van der Waals surface area contributed by atoms with E-state index in [0.717, 1.165) is 6.42 Å². The van der Waals surface area contributed by atoms with Crippen LogP contribution in [0.15, 0.2) is 10.9 Å². The van der Waals surface area contributed by atoms with Crippen molar-refractivity contribution in [3.8, 4) is 0 Å². The number of hydrogen-bond donors (Lipinski definition) is 1. The third-order valence-corrected chi connectivity index (χ3v) is 1.84. The summed E-state index contributed by atoms with van der Waals surface area (Å²) in [4.78, 5) is 17.8. The molecule has 4 nitrogen and oxygen atoms in total. The normalized spacial score (nSPS) is 10.4. The van der Waals surface area contributed by atoms with Gasteiger partial charge in [-0.1, -0.05) is 6.92 Å². The molecular weight excluding hydrogens is 204 g/mol. The number of H-pyrrole nitrogens is 1. The zero-order valence-electron chi connectivity index (χ0n) is 8.05. The van der Waals surface area contributed by atoms with Crippen LogP contribution in [0.25, 0.3) is 0 Å². The number of rotatable bonds is 5. The SMILES string of the molecule is CCCOCc1nc(CCl)cc(=O)[nH]1. The first kappa shape index (κ1) is 11.2. The van der Waals surface area contributed by atoms with E-state index in [0.29, 0.717) is 24.7 Å². The van der Waals surface area contributed by atoms with Crippen LogP contribution in [0.1, 0.15) is 24.9 Å². The molecule has 0 aliphatic rings. The van der Waals surface area contributed by atoms with Crippen molar-refractivity contribution in [2.45, 2.75) is 25.8 Å². The van der Waals surface area contributed by atoms with Gasteiger partial charge >= 0.3 is 0 Å². The van der Waals surface area contributed by atoms with Crippen molar-refractivity contribution >= 4 is 11.6 Å². The second-order valence-electron chi connectivity index (χ2n) is 2.87. The van der Waals surface area contributed by atoms with Gasteiger partial charge in [-0.05, 0) is 6.42 Å². The molecule has 1 heterocycles. The van der Waals surface area contributed by atoms with Gasteiger partial charge in [0.2, 0.25) is 0 Å². The fraction of sp³-hybridized carbons (Fsp3) is 0.556. The summed E-state index contributed by atoms with van der Waals surface area (Å²) in [6, 6.07) is 1.39. The first-order valence-corrected chi connectivity index (χ1v) is 5.02. The van der Waals surface area contributed by atoms with Gasteiger partial charge in [-0.15, -0.1) is 11.6 Å². The fourth-order valence-electron chi connectivity index (χ4n) is 1.01. The summed E-state index contributed by atoms with van der Waals surface area (Å²) >= 11 is 5.58. The Balaban J connectivity index is 2.67. The summed E-state index contributed by atoms with van der Waals surface area (Å²) in [5.74, 6) is 0.770. The number of halogens is 1. The molecule has 1 aromatic heterocycles. The van der Waals surface area contributed by atoms with E-state index in [2.05, 4.69) is 9.97 Å². The van der Waals surface area contributed by atoms with Gasteiger partial charge in [0.05, 0.1) is 11.6 Å². The average molecular weight is 217 g/mol. The lowest BCUT2D eigenvalue weighted by Crippen LogP contribution is -2.13. The Bertz CT molecular complexity index is 338. The third-order valence-electron chi connectivity index (χ3n) is 1.57. The van der Waals surface area contributed by atoms with Crippen LogP contribution in [-0.4, -0.2) is 16.6 Å². The van der Waals surface area contributed by atoms with Crippen molar-refractivity contribution in [3.63, 3.8) is 0 Å². The van der Waals surface area contributed by atoms with Crippen molar-refractivity contribution in [1.29, 1.82) is 0 Å². The maximum atomic E-state index is 11.1. The van der Waals surface area contributed by atoms with Crippen LogP contribution in [-0.2, 0) is 17.2 Å². The minimum Gasteiger partial charge on any atom is -0.374 e. The quantitative estimate of drug-likeness (QED) is 0.599. The summed E-state index contributed by atoms with van der Waals surface area (Å²) in [6.07, 6.45) is 0.944.